The predicted molar refractivity (Wildman–Crippen MR) is 72.9 cm³/mol. The maximum absolute atomic E-state index is 11.9. The molecule has 0 bridgehead atoms. The molecule has 0 spiro atoms. The van der Waals surface area contributed by atoms with Gasteiger partial charge in [0.1, 0.15) is 15.9 Å². The van der Waals surface area contributed by atoms with Crippen LogP contribution >= 0.6 is 22.9 Å². The van der Waals surface area contributed by atoms with Crippen LogP contribution in [-0.2, 0) is 11.3 Å². The average Bonchev–Trinajstić information content (AvgIpc) is 3.03. The molecule has 106 valence electrons. The van der Waals surface area contributed by atoms with Crippen molar-refractivity contribution < 1.29 is 14.7 Å². The molecule has 2 heterocycles. The molecule has 0 aliphatic heterocycles. The second-order valence-corrected chi connectivity index (χ2v) is 5.51. The third-order valence-electron chi connectivity index (χ3n) is 2.52. The van der Waals surface area contributed by atoms with Gasteiger partial charge in [-0.05, 0) is 6.92 Å². The normalized spacial score (nSPS) is 12.1. The van der Waals surface area contributed by atoms with E-state index in [4.69, 9.17) is 16.7 Å². The lowest BCUT2D eigenvalue weighted by atomic mass is 10.3. The Hall–Kier alpha value is -1.93. The zero-order chi connectivity index (χ0) is 14.7. The number of aromatic nitrogens is 3. The Labute approximate surface area is 123 Å². The number of carbonyl (C=O) groups is 2. The predicted octanol–water partition coefficient (Wildman–Crippen LogP) is 1.57. The fourth-order valence-corrected chi connectivity index (χ4v) is 2.29. The monoisotopic (exact) mass is 314 g/mol. The van der Waals surface area contributed by atoms with Crippen LogP contribution in [0.3, 0.4) is 0 Å². The number of nitrogens with one attached hydrogen (secondary N) is 1. The highest BCUT2D eigenvalue weighted by Gasteiger charge is 2.16. The second kappa shape index (κ2) is 6.02. The highest BCUT2D eigenvalue weighted by Crippen LogP contribution is 2.14. The molecule has 20 heavy (non-hydrogen) atoms. The van der Waals surface area contributed by atoms with E-state index in [-0.39, 0.29) is 17.3 Å². The molecular formula is C11H11ClN4O3S. The molecule has 0 fully saturated rings. The molecule has 0 aliphatic rings. The summed E-state index contributed by atoms with van der Waals surface area (Å²) in [5, 5.41) is 16.4. The van der Waals surface area contributed by atoms with E-state index in [2.05, 4.69) is 15.4 Å². The van der Waals surface area contributed by atoms with Gasteiger partial charge in [-0.25, -0.2) is 9.78 Å². The topological polar surface area (TPSA) is 97.1 Å². The van der Waals surface area contributed by atoms with Crippen molar-refractivity contribution in [1.29, 1.82) is 0 Å². The Morgan fingerprint density at radius 1 is 1.55 bits per heavy atom. The largest absolute Gasteiger partial charge is 0.477 e. The third-order valence-corrected chi connectivity index (χ3v) is 3.70. The first-order chi connectivity index (χ1) is 9.47. The molecule has 2 aromatic heterocycles. The molecule has 0 radical (unpaired) electrons. The molecule has 2 rings (SSSR count). The van der Waals surface area contributed by atoms with Crippen molar-refractivity contribution in [2.24, 2.45) is 0 Å². The number of hydrogen-bond donors (Lipinski definition) is 2. The van der Waals surface area contributed by atoms with E-state index in [1.807, 2.05) is 0 Å². The summed E-state index contributed by atoms with van der Waals surface area (Å²) < 4.78 is 1.45. The van der Waals surface area contributed by atoms with Crippen molar-refractivity contribution in [2.45, 2.75) is 19.5 Å². The van der Waals surface area contributed by atoms with Crippen LogP contribution in [0.15, 0.2) is 18.6 Å². The molecule has 0 saturated carbocycles. The van der Waals surface area contributed by atoms with Gasteiger partial charge < -0.3 is 10.4 Å². The van der Waals surface area contributed by atoms with E-state index in [9.17, 15) is 9.59 Å². The van der Waals surface area contributed by atoms with Crippen LogP contribution in [0.5, 0.6) is 0 Å². The van der Waals surface area contributed by atoms with Gasteiger partial charge in [-0.3, -0.25) is 9.48 Å². The number of halogens is 1. The lowest BCUT2D eigenvalue weighted by Crippen LogP contribution is -2.30. The summed E-state index contributed by atoms with van der Waals surface area (Å²) in [6.07, 6.45) is 4.27. The van der Waals surface area contributed by atoms with Crippen molar-refractivity contribution in [3.63, 3.8) is 0 Å². The number of thiazole rings is 1. The molecule has 1 atom stereocenters. The van der Waals surface area contributed by atoms with E-state index >= 15 is 0 Å². The maximum atomic E-state index is 11.9. The lowest BCUT2D eigenvalue weighted by Gasteiger charge is -2.11. The summed E-state index contributed by atoms with van der Waals surface area (Å²) >= 11 is 6.76. The van der Waals surface area contributed by atoms with E-state index in [0.717, 1.165) is 11.3 Å². The smallest absolute Gasteiger partial charge is 0.347 e. The standard InChI is InChI=1S/C11H11ClN4O3S/c1-6(16-5-7(12)2-15-16)10(17)14-4-9-13-3-8(20-9)11(18)19/h2-3,5-6H,4H2,1H3,(H,14,17)(H,18,19). The molecule has 2 aromatic rings. The minimum absolute atomic E-state index is 0.140. The molecule has 2 N–H and O–H groups in total. The number of rotatable bonds is 5. The van der Waals surface area contributed by atoms with Crippen LogP contribution in [0.25, 0.3) is 0 Å². The second-order valence-electron chi connectivity index (χ2n) is 3.96. The number of aromatic carboxylic acids is 1. The Kier molecular flexibility index (Phi) is 4.35. The highest BCUT2D eigenvalue weighted by molar-refractivity contribution is 7.13. The molecule has 0 aliphatic carbocycles. The third kappa shape index (κ3) is 3.34. The van der Waals surface area contributed by atoms with Gasteiger partial charge >= 0.3 is 5.97 Å². The van der Waals surface area contributed by atoms with Gasteiger partial charge in [0.2, 0.25) is 5.91 Å². The van der Waals surface area contributed by atoms with Gasteiger partial charge in [0.25, 0.3) is 0 Å². The number of carboxylic acids is 1. The van der Waals surface area contributed by atoms with Crippen LogP contribution in [-0.4, -0.2) is 31.7 Å². The molecule has 9 heteroatoms. The zero-order valence-electron chi connectivity index (χ0n) is 10.4. The van der Waals surface area contributed by atoms with Crippen molar-refractivity contribution in [3.8, 4) is 0 Å². The number of amides is 1. The van der Waals surface area contributed by atoms with Crippen LogP contribution < -0.4 is 5.32 Å². The van der Waals surface area contributed by atoms with E-state index in [1.165, 1.54) is 17.1 Å². The first-order valence-corrected chi connectivity index (χ1v) is 6.82. The van der Waals surface area contributed by atoms with Crippen molar-refractivity contribution in [1.82, 2.24) is 20.1 Å². The average molecular weight is 315 g/mol. The fraction of sp³-hybridized carbons (Fsp3) is 0.273. The lowest BCUT2D eigenvalue weighted by molar-refractivity contribution is -0.124. The minimum Gasteiger partial charge on any atom is -0.477 e. The number of carbonyl (C=O) groups excluding carboxylic acids is 1. The molecule has 1 amide bonds. The molecule has 0 aromatic carbocycles. The number of carboxylic acid groups (broad SMARTS) is 1. The van der Waals surface area contributed by atoms with Crippen molar-refractivity contribution in [2.75, 3.05) is 0 Å². The van der Waals surface area contributed by atoms with Crippen LogP contribution in [0.1, 0.15) is 27.6 Å². The summed E-state index contributed by atoms with van der Waals surface area (Å²) in [6, 6.07) is -0.513. The fourth-order valence-electron chi connectivity index (χ4n) is 1.45. The van der Waals surface area contributed by atoms with Gasteiger partial charge in [0, 0.05) is 6.20 Å². The molecule has 0 saturated heterocycles. The molecule has 7 nitrogen and oxygen atoms in total. The first kappa shape index (κ1) is 14.5. The number of nitrogens with zero attached hydrogens (tertiary/aromatic N) is 3. The Morgan fingerprint density at radius 3 is 2.85 bits per heavy atom. The van der Waals surface area contributed by atoms with E-state index in [0.29, 0.717) is 10.0 Å². The summed E-state index contributed by atoms with van der Waals surface area (Å²) in [7, 11) is 0. The Balaban J connectivity index is 1.92. The van der Waals surface area contributed by atoms with Gasteiger partial charge in [0.05, 0.1) is 24.0 Å². The Morgan fingerprint density at radius 2 is 2.30 bits per heavy atom. The van der Waals surface area contributed by atoms with Gasteiger partial charge in [0.15, 0.2) is 0 Å². The van der Waals surface area contributed by atoms with E-state index < -0.39 is 12.0 Å². The first-order valence-electron chi connectivity index (χ1n) is 5.62. The Bertz CT molecular complexity index is 639. The van der Waals surface area contributed by atoms with Crippen molar-refractivity contribution >= 4 is 34.8 Å². The summed E-state index contributed by atoms with van der Waals surface area (Å²) in [6.45, 7) is 1.86. The van der Waals surface area contributed by atoms with Gasteiger partial charge in [-0.1, -0.05) is 11.6 Å². The summed E-state index contributed by atoms with van der Waals surface area (Å²) in [5.74, 6) is -1.28. The summed E-state index contributed by atoms with van der Waals surface area (Å²) in [4.78, 5) is 26.7. The minimum atomic E-state index is -1.03. The van der Waals surface area contributed by atoms with Crippen LogP contribution in [0.2, 0.25) is 5.02 Å². The maximum Gasteiger partial charge on any atom is 0.347 e. The zero-order valence-corrected chi connectivity index (χ0v) is 12.0. The van der Waals surface area contributed by atoms with Crippen LogP contribution in [0.4, 0.5) is 0 Å². The summed E-state index contributed by atoms with van der Waals surface area (Å²) in [5.41, 5.74) is 0. The molecule has 1 unspecified atom stereocenters. The molecular weight excluding hydrogens is 304 g/mol. The SMILES string of the molecule is CC(C(=O)NCc1ncc(C(=O)O)s1)n1cc(Cl)cn1. The van der Waals surface area contributed by atoms with Crippen LogP contribution in [0, 0.1) is 0 Å². The number of hydrogen-bond acceptors (Lipinski definition) is 5. The van der Waals surface area contributed by atoms with Gasteiger partial charge in [-0.15, -0.1) is 11.3 Å². The van der Waals surface area contributed by atoms with E-state index in [1.54, 1.807) is 13.1 Å². The quantitative estimate of drug-likeness (QED) is 0.873. The highest BCUT2D eigenvalue weighted by atomic mass is 35.5. The van der Waals surface area contributed by atoms with Crippen molar-refractivity contribution in [3.05, 3.63) is 33.5 Å². The van der Waals surface area contributed by atoms with Gasteiger partial charge in [-0.2, -0.15) is 5.10 Å².